The highest BCUT2D eigenvalue weighted by molar-refractivity contribution is 5.79. The molecule has 1 aliphatic carbocycles. The van der Waals surface area contributed by atoms with Crippen molar-refractivity contribution < 1.29 is 4.39 Å². The average Bonchev–Trinajstić information content (AvgIpc) is 3.43. The molecular weight excluding hydrogens is 377 g/mol. The smallest absolute Gasteiger partial charge is 0.191 e. The Bertz CT molecular complexity index is 992. The number of nitrogens with zero attached hydrogens (tertiary/aromatic N) is 3. The predicted octanol–water partition coefficient (Wildman–Crippen LogP) is 3.66. The van der Waals surface area contributed by atoms with E-state index in [0.717, 1.165) is 37.2 Å². The summed E-state index contributed by atoms with van der Waals surface area (Å²) in [4.78, 5) is 8.80. The first-order valence-electron chi connectivity index (χ1n) is 10.4. The zero-order valence-corrected chi connectivity index (χ0v) is 17.3. The molecule has 1 aliphatic rings. The summed E-state index contributed by atoms with van der Waals surface area (Å²) in [5.74, 6) is 1.54. The number of hydrogen-bond donors (Lipinski definition) is 2. The van der Waals surface area contributed by atoms with Crippen LogP contribution in [0.15, 0.2) is 72.0 Å². The normalized spacial score (nSPS) is 15.1. The highest BCUT2D eigenvalue weighted by atomic mass is 19.1. The number of nitrogens with one attached hydrogen (secondary N) is 2. The Hall–Kier alpha value is -3.15. The number of guanidine groups is 1. The molecule has 2 aromatic carbocycles. The Balaban J connectivity index is 1.30. The van der Waals surface area contributed by atoms with Crippen LogP contribution in [-0.2, 0) is 24.9 Å². The lowest BCUT2D eigenvalue weighted by Gasteiger charge is -2.19. The minimum atomic E-state index is -0.128. The van der Waals surface area contributed by atoms with E-state index in [1.807, 2.05) is 30.6 Å². The lowest BCUT2D eigenvalue weighted by molar-refractivity contribution is 0.558. The van der Waals surface area contributed by atoms with Crippen molar-refractivity contribution in [3.63, 3.8) is 0 Å². The highest BCUT2D eigenvalue weighted by Crippen LogP contribution is 2.48. The van der Waals surface area contributed by atoms with Crippen LogP contribution in [0.1, 0.15) is 29.8 Å². The zero-order valence-electron chi connectivity index (χ0n) is 17.3. The molecule has 0 atom stereocenters. The Labute approximate surface area is 177 Å². The van der Waals surface area contributed by atoms with Crippen molar-refractivity contribution in [3.05, 3.63) is 89.8 Å². The number of rotatable bonds is 8. The molecule has 0 amide bonds. The van der Waals surface area contributed by atoms with Crippen molar-refractivity contribution in [2.24, 2.45) is 4.99 Å². The van der Waals surface area contributed by atoms with Crippen LogP contribution in [0.3, 0.4) is 0 Å². The summed E-state index contributed by atoms with van der Waals surface area (Å²) in [5, 5.41) is 6.71. The van der Waals surface area contributed by atoms with Gasteiger partial charge >= 0.3 is 0 Å². The summed E-state index contributed by atoms with van der Waals surface area (Å²) in [6.45, 7) is 2.12. The summed E-state index contributed by atoms with van der Waals surface area (Å²) in [5.41, 5.74) is 1.98. The molecule has 4 rings (SSSR count). The quantitative estimate of drug-likeness (QED) is 0.444. The minimum Gasteiger partial charge on any atom is -0.356 e. The molecule has 2 N–H and O–H groups in total. The van der Waals surface area contributed by atoms with Crippen molar-refractivity contribution in [3.8, 4) is 0 Å². The summed E-state index contributed by atoms with van der Waals surface area (Å²) in [6, 6.07) is 17.5. The Morgan fingerprint density at radius 2 is 1.87 bits per heavy atom. The number of aromatic nitrogens is 2. The third-order valence-electron chi connectivity index (χ3n) is 5.82. The Morgan fingerprint density at radius 1 is 1.10 bits per heavy atom. The van der Waals surface area contributed by atoms with Gasteiger partial charge in [0.25, 0.3) is 0 Å². The number of benzene rings is 2. The molecule has 3 aromatic rings. The van der Waals surface area contributed by atoms with Crippen LogP contribution in [0.2, 0.25) is 0 Å². The molecule has 30 heavy (non-hydrogen) atoms. The van der Waals surface area contributed by atoms with E-state index in [9.17, 15) is 4.39 Å². The Kier molecular flexibility index (Phi) is 6.12. The first kappa shape index (κ1) is 20.1. The molecule has 5 nitrogen and oxygen atoms in total. The van der Waals surface area contributed by atoms with E-state index in [4.69, 9.17) is 0 Å². The van der Waals surface area contributed by atoms with Crippen molar-refractivity contribution in [1.29, 1.82) is 0 Å². The molecule has 0 aliphatic heterocycles. The molecule has 156 valence electrons. The van der Waals surface area contributed by atoms with E-state index >= 15 is 0 Å². The highest BCUT2D eigenvalue weighted by Gasteiger charge is 2.45. The van der Waals surface area contributed by atoms with Gasteiger partial charge in [-0.15, -0.1) is 0 Å². The van der Waals surface area contributed by atoms with Gasteiger partial charge in [-0.05, 0) is 36.5 Å². The Morgan fingerprint density at radius 3 is 2.60 bits per heavy atom. The van der Waals surface area contributed by atoms with Gasteiger partial charge in [-0.1, -0.05) is 48.5 Å². The number of aliphatic imine (C=N–C) groups is 1. The summed E-state index contributed by atoms with van der Waals surface area (Å²) in [7, 11) is 1.75. The molecule has 1 fully saturated rings. The van der Waals surface area contributed by atoms with Crippen LogP contribution >= 0.6 is 0 Å². The van der Waals surface area contributed by atoms with Crippen molar-refractivity contribution >= 4 is 5.96 Å². The molecule has 1 heterocycles. The van der Waals surface area contributed by atoms with Gasteiger partial charge in [-0.3, -0.25) is 4.99 Å². The first-order chi connectivity index (χ1) is 14.7. The van der Waals surface area contributed by atoms with Crippen LogP contribution < -0.4 is 10.6 Å². The zero-order chi connectivity index (χ0) is 20.8. The van der Waals surface area contributed by atoms with Crippen LogP contribution in [0, 0.1) is 5.82 Å². The largest absolute Gasteiger partial charge is 0.356 e. The number of imidazole rings is 1. The SMILES string of the molecule is CN=C(NCc1nccn1CCc1ccccc1)NCC1(c2ccccc2F)CC1. The molecular formula is C24H28FN5. The number of hydrogen-bond acceptors (Lipinski definition) is 2. The lowest BCUT2D eigenvalue weighted by atomic mass is 9.95. The summed E-state index contributed by atoms with van der Waals surface area (Å²) < 4.78 is 16.4. The van der Waals surface area contributed by atoms with E-state index in [2.05, 4.69) is 49.4 Å². The van der Waals surface area contributed by atoms with Crippen LogP contribution in [-0.4, -0.2) is 29.1 Å². The van der Waals surface area contributed by atoms with Crippen LogP contribution in [0.4, 0.5) is 4.39 Å². The van der Waals surface area contributed by atoms with Crippen molar-refractivity contribution in [2.75, 3.05) is 13.6 Å². The van der Waals surface area contributed by atoms with Gasteiger partial charge in [0.1, 0.15) is 11.6 Å². The summed E-state index contributed by atoms with van der Waals surface area (Å²) in [6.07, 6.45) is 6.77. The van der Waals surface area contributed by atoms with Gasteiger partial charge in [-0.2, -0.15) is 0 Å². The van der Waals surface area contributed by atoms with Gasteiger partial charge in [0.15, 0.2) is 5.96 Å². The maximum absolute atomic E-state index is 14.2. The van der Waals surface area contributed by atoms with Crippen molar-refractivity contribution in [1.82, 2.24) is 20.2 Å². The average molecular weight is 406 g/mol. The molecule has 1 saturated carbocycles. The van der Waals surface area contributed by atoms with Gasteiger partial charge in [0, 0.05) is 37.9 Å². The van der Waals surface area contributed by atoms with E-state index in [0.29, 0.717) is 19.0 Å². The monoisotopic (exact) mass is 405 g/mol. The van der Waals surface area contributed by atoms with Gasteiger partial charge in [-0.25, -0.2) is 9.37 Å². The third kappa shape index (κ3) is 4.70. The van der Waals surface area contributed by atoms with E-state index < -0.39 is 0 Å². The second kappa shape index (κ2) is 9.11. The second-order valence-electron chi connectivity index (χ2n) is 7.81. The fourth-order valence-electron chi connectivity index (χ4n) is 3.82. The fraction of sp³-hybridized carbons (Fsp3) is 0.333. The van der Waals surface area contributed by atoms with Gasteiger partial charge in [0.2, 0.25) is 0 Å². The third-order valence-corrected chi connectivity index (χ3v) is 5.82. The fourth-order valence-corrected chi connectivity index (χ4v) is 3.82. The van der Waals surface area contributed by atoms with E-state index in [1.165, 1.54) is 11.6 Å². The van der Waals surface area contributed by atoms with Gasteiger partial charge < -0.3 is 15.2 Å². The molecule has 0 radical (unpaired) electrons. The van der Waals surface area contributed by atoms with Gasteiger partial charge in [0.05, 0.1) is 6.54 Å². The maximum Gasteiger partial charge on any atom is 0.191 e. The van der Waals surface area contributed by atoms with E-state index in [-0.39, 0.29) is 11.2 Å². The molecule has 0 spiro atoms. The molecule has 0 bridgehead atoms. The maximum atomic E-state index is 14.2. The predicted molar refractivity (Wildman–Crippen MR) is 118 cm³/mol. The molecule has 0 unspecified atom stereocenters. The minimum absolute atomic E-state index is 0.125. The first-order valence-corrected chi connectivity index (χ1v) is 10.4. The standard InChI is InChI=1S/C24H28FN5/c1-26-23(29-18-24(12-13-24)20-9-5-6-10-21(20)25)28-17-22-27-14-16-30(22)15-11-19-7-3-2-4-8-19/h2-10,14,16H,11-13,15,17-18H2,1H3,(H2,26,28,29). The number of aryl methyl sites for hydroxylation is 2. The van der Waals surface area contributed by atoms with Crippen LogP contribution in [0.5, 0.6) is 0 Å². The summed E-state index contributed by atoms with van der Waals surface area (Å²) >= 11 is 0. The van der Waals surface area contributed by atoms with E-state index in [1.54, 1.807) is 13.1 Å². The topological polar surface area (TPSA) is 54.2 Å². The van der Waals surface area contributed by atoms with Crippen LogP contribution in [0.25, 0.3) is 0 Å². The molecule has 0 saturated heterocycles. The van der Waals surface area contributed by atoms with Crippen molar-refractivity contribution in [2.45, 2.75) is 37.8 Å². The molecule has 6 heteroatoms. The lowest BCUT2D eigenvalue weighted by Crippen LogP contribution is -2.41. The number of halogens is 1. The second-order valence-corrected chi connectivity index (χ2v) is 7.81. The molecule has 1 aromatic heterocycles.